The SMILES string of the molecule is Cc1ccccc1NC(=O)c1cccc(C(N)=S)c1. The van der Waals surface area contributed by atoms with Gasteiger partial charge in [-0.05, 0) is 30.7 Å². The molecule has 0 heterocycles. The molecule has 1 amide bonds. The minimum atomic E-state index is -0.174. The van der Waals surface area contributed by atoms with Crippen LogP contribution in [-0.2, 0) is 0 Å². The molecule has 2 aromatic rings. The smallest absolute Gasteiger partial charge is 0.255 e. The van der Waals surface area contributed by atoms with Crippen LogP contribution in [0.25, 0.3) is 0 Å². The van der Waals surface area contributed by atoms with Crippen LogP contribution >= 0.6 is 12.2 Å². The van der Waals surface area contributed by atoms with Gasteiger partial charge in [0.15, 0.2) is 0 Å². The van der Waals surface area contributed by atoms with Gasteiger partial charge < -0.3 is 11.1 Å². The Balaban J connectivity index is 2.23. The summed E-state index contributed by atoms with van der Waals surface area (Å²) >= 11 is 4.90. The number of anilines is 1. The molecule has 0 radical (unpaired) electrons. The molecule has 0 saturated carbocycles. The summed E-state index contributed by atoms with van der Waals surface area (Å²) < 4.78 is 0. The van der Waals surface area contributed by atoms with Crippen molar-refractivity contribution < 1.29 is 4.79 Å². The molecule has 3 nitrogen and oxygen atoms in total. The van der Waals surface area contributed by atoms with Gasteiger partial charge in [-0.25, -0.2) is 0 Å². The third-order valence-corrected chi connectivity index (χ3v) is 3.04. The number of benzene rings is 2. The van der Waals surface area contributed by atoms with Gasteiger partial charge in [0, 0.05) is 16.8 Å². The third-order valence-electron chi connectivity index (χ3n) is 2.80. The zero-order chi connectivity index (χ0) is 13.8. The zero-order valence-electron chi connectivity index (χ0n) is 10.5. The second-order valence-corrected chi connectivity index (χ2v) is 4.65. The van der Waals surface area contributed by atoms with E-state index in [-0.39, 0.29) is 10.9 Å². The van der Waals surface area contributed by atoms with Gasteiger partial charge in [-0.3, -0.25) is 4.79 Å². The fourth-order valence-corrected chi connectivity index (χ4v) is 1.85. The van der Waals surface area contributed by atoms with Gasteiger partial charge in [-0.1, -0.05) is 42.5 Å². The molecule has 4 heteroatoms. The summed E-state index contributed by atoms with van der Waals surface area (Å²) in [5.41, 5.74) is 8.60. The molecule has 96 valence electrons. The Hall–Kier alpha value is -2.20. The van der Waals surface area contributed by atoms with Gasteiger partial charge in [0.05, 0.1) is 0 Å². The number of para-hydroxylation sites is 1. The van der Waals surface area contributed by atoms with Gasteiger partial charge in [0.2, 0.25) is 0 Å². The molecular weight excluding hydrogens is 256 g/mol. The summed E-state index contributed by atoms with van der Waals surface area (Å²) in [7, 11) is 0. The van der Waals surface area contributed by atoms with E-state index < -0.39 is 0 Å². The first-order chi connectivity index (χ1) is 9.08. The lowest BCUT2D eigenvalue weighted by Gasteiger charge is -2.08. The summed E-state index contributed by atoms with van der Waals surface area (Å²) in [5.74, 6) is -0.174. The maximum Gasteiger partial charge on any atom is 0.255 e. The Morgan fingerprint density at radius 3 is 2.47 bits per heavy atom. The summed E-state index contributed by atoms with van der Waals surface area (Å²) in [4.78, 5) is 12.4. The van der Waals surface area contributed by atoms with Crippen LogP contribution in [0.5, 0.6) is 0 Å². The Labute approximate surface area is 117 Å². The van der Waals surface area contributed by atoms with E-state index in [1.807, 2.05) is 31.2 Å². The largest absolute Gasteiger partial charge is 0.389 e. The summed E-state index contributed by atoms with van der Waals surface area (Å²) in [6.45, 7) is 1.95. The van der Waals surface area contributed by atoms with Crippen LogP contribution in [0.2, 0.25) is 0 Å². The van der Waals surface area contributed by atoms with E-state index >= 15 is 0 Å². The molecule has 0 aliphatic rings. The van der Waals surface area contributed by atoms with Crippen LogP contribution in [-0.4, -0.2) is 10.9 Å². The first-order valence-corrected chi connectivity index (χ1v) is 6.25. The molecule has 2 aromatic carbocycles. The van der Waals surface area contributed by atoms with Crippen molar-refractivity contribution in [3.05, 3.63) is 65.2 Å². The minimum Gasteiger partial charge on any atom is -0.389 e. The Bertz CT molecular complexity index is 638. The molecule has 0 fully saturated rings. The van der Waals surface area contributed by atoms with Crippen molar-refractivity contribution in [2.24, 2.45) is 5.73 Å². The zero-order valence-corrected chi connectivity index (χ0v) is 11.3. The maximum atomic E-state index is 12.1. The quantitative estimate of drug-likeness (QED) is 0.843. The molecule has 0 aliphatic carbocycles. The van der Waals surface area contributed by atoms with Crippen molar-refractivity contribution in [2.75, 3.05) is 5.32 Å². The van der Waals surface area contributed by atoms with Crippen molar-refractivity contribution in [2.45, 2.75) is 6.92 Å². The number of hydrogen-bond acceptors (Lipinski definition) is 2. The molecule has 3 N–H and O–H groups in total. The molecule has 0 spiro atoms. The second-order valence-electron chi connectivity index (χ2n) is 4.21. The number of carbonyl (C=O) groups is 1. The van der Waals surface area contributed by atoms with E-state index in [1.165, 1.54) is 0 Å². The summed E-state index contributed by atoms with van der Waals surface area (Å²) in [5, 5.41) is 2.87. The Morgan fingerprint density at radius 1 is 1.11 bits per heavy atom. The van der Waals surface area contributed by atoms with Gasteiger partial charge in [0.25, 0.3) is 5.91 Å². The maximum absolute atomic E-state index is 12.1. The fourth-order valence-electron chi connectivity index (χ4n) is 1.72. The predicted molar refractivity (Wildman–Crippen MR) is 81.5 cm³/mol. The average Bonchev–Trinajstić information content (AvgIpc) is 2.41. The number of hydrogen-bond donors (Lipinski definition) is 2. The second kappa shape index (κ2) is 5.63. The molecule has 0 aliphatic heterocycles. The van der Waals surface area contributed by atoms with Crippen molar-refractivity contribution >= 4 is 28.8 Å². The van der Waals surface area contributed by atoms with E-state index in [9.17, 15) is 4.79 Å². The fraction of sp³-hybridized carbons (Fsp3) is 0.0667. The molecular formula is C15H14N2OS. The van der Waals surface area contributed by atoms with Gasteiger partial charge in [0.1, 0.15) is 4.99 Å². The lowest BCUT2D eigenvalue weighted by molar-refractivity contribution is 0.102. The molecule has 2 rings (SSSR count). The molecule has 0 saturated heterocycles. The van der Waals surface area contributed by atoms with E-state index in [0.29, 0.717) is 11.1 Å². The van der Waals surface area contributed by atoms with Crippen LogP contribution < -0.4 is 11.1 Å². The number of nitrogens with one attached hydrogen (secondary N) is 1. The van der Waals surface area contributed by atoms with Crippen LogP contribution in [0.3, 0.4) is 0 Å². The van der Waals surface area contributed by atoms with Crippen molar-refractivity contribution in [3.8, 4) is 0 Å². The highest BCUT2D eigenvalue weighted by molar-refractivity contribution is 7.80. The molecule has 0 atom stereocenters. The number of rotatable bonds is 3. The minimum absolute atomic E-state index is 0.174. The topological polar surface area (TPSA) is 55.1 Å². The van der Waals surface area contributed by atoms with E-state index in [2.05, 4.69) is 5.32 Å². The van der Waals surface area contributed by atoms with E-state index in [0.717, 1.165) is 11.3 Å². The van der Waals surface area contributed by atoms with Gasteiger partial charge in [-0.2, -0.15) is 0 Å². The molecule has 0 aromatic heterocycles. The molecule has 0 unspecified atom stereocenters. The first-order valence-electron chi connectivity index (χ1n) is 5.85. The van der Waals surface area contributed by atoms with Crippen LogP contribution in [0.15, 0.2) is 48.5 Å². The standard InChI is InChI=1S/C15H14N2OS/c1-10-5-2-3-8-13(10)17-15(18)12-7-4-6-11(9-12)14(16)19/h2-9H,1H3,(H2,16,19)(H,17,18). The van der Waals surface area contributed by atoms with Crippen LogP contribution in [0, 0.1) is 6.92 Å². The van der Waals surface area contributed by atoms with E-state index in [4.69, 9.17) is 18.0 Å². The lowest BCUT2D eigenvalue weighted by atomic mass is 10.1. The van der Waals surface area contributed by atoms with Crippen LogP contribution in [0.1, 0.15) is 21.5 Å². The summed E-state index contributed by atoms with van der Waals surface area (Å²) in [6.07, 6.45) is 0. The number of aryl methyl sites for hydroxylation is 1. The van der Waals surface area contributed by atoms with Crippen molar-refractivity contribution in [1.82, 2.24) is 0 Å². The van der Waals surface area contributed by atoms with Crippen molar-refractivity contribution in [1.29, 1.82) is 0 Å². The van der Waals surface area contributed by atoms with Gasteiger partial charge in [-0.15, -0.1) is 0 Å². The molecule has 0 bridgehead atoms. The normalized spacial score (nSPS) is 9.95. The number of carbonyl (C=O) groups excluding carboxylic acids is 1. The third kappa shape index (κ3) is 3.17. The number of nitrogens with two attached hydrogens (primary N) is 1. The summed E-state index contributed by atoms with van der Waals surface area (Å²) in [6, 6.07) is 14.6. The average molecular weight is 270 g/mol. The highest BCUT2D eigenvalue weighted by atomic mass is 32.1. The van der Waals surface area contributed by atoms with E-state index in [1.54, 1.807) is 24.3 Å². The monoisotopic (exact) mass is 270 g/mol. The number of amides is 1. The number of thiocarbonyl (C=S) groups is 1. The predicted octanol–water partition coefficient (Wildman–Crippen LogP) is 2.88. The molecule has 19 heavy (non-hydrogen) atoms. The Morgan fingerprint density at radius 2 is 1.79 bits per heavy atom. The van der Waals surface area contributed by atoms with Crippen molar-refractivity contribution in [3.63, 3.8) is 0 Å². The van der Waals surface area contributed by atoms with Crippen LogP contribution in [0.4, 0.5) is 5.69 Å². The van der Waals surface area contributed by atoms with Gasteiger partial charge >= 0.3 is 0 Å². The first kappa shape index (κ1) is 13.2. The highest BCUT2D eigenvalue weighted by Crippen LogP contribution is 2.15. The Kier molecular flexibility index (Phi) is 3.92. The lowest BCUT2D eigenvalue weighted by Crippen LogP contribution is -2.15. The highest BCUT2D eigenvalue weighted by Gasteiger charge is 2.08.